The summed E-state index contributed by atoms with van der Waals surface area (Å²) in [6.45, 7) is 9.58. The first-order chi connectivity index (χ1) is 14.0. The van der Waals surface area contributed by atoms with E-state index >= 15 is 0 Å². The van der Waals surface area contributed by atoms with Crippen molar-refractivity contribution in [2.45, 2.75) is 65.1 Å². The van der Waals surface area contributed by atoms with Crippen molar-refractivity contribution in [3.63, 3.8) is 0 Å². The molecule has 0 aromatic heterocycles. The van der Waals surface area contributed by atoms with Gasteiger partial charge in [-0.1, -0.05) is 31.3 Å². The average molecular weight is 414 g/mol. The highest BCUT2D eigenvalue weighted by Crippen LogP contribution is 2.36. The quantitative estimate of drug-likeness (QED) is 0.509. The molecule has 158 valence electrons. The van der Waals surface area contributed by atoms with Crippen molar-refractivity contribution < 1.29 is 22.5 Å². The highest BCUT2D eigenvalue weighted by molar-refractivity contribution is 6.62. The maximum Gasteiger partial charge on any atom is 0.497 e. The second-order valence-electron chi connectivity index (χ2n) is 8.61. The Balaban J connectivity index is 1.82. The predicted molar refractivity (Wildman–Crippen MR) is 113 cm³/mol. The number of unbranched alkanes of at least 4 members (excludes halogenated alkanes) is 1. The van der Waals surface area contributed by atoms with E-state index in [0.29, 0.717) is 17.5 Å². The van der Waals surface area contributed by atoms with E-state index < -0.39 is 35.8 Å². The lowest BCUT2D eigenvalue weighted by Gasteiger charge is -2.32. The van der Waals surface area contributed by atoms with Crippen LogP contribution in [0.5, 0.6) is 0 Å². The Kier molecular flexibility index (Phi) is 6.36. The van der Waals surface area contributed by atoms with E-state index in [1.165, 1.54) is 24.3 Å². The molecule has 30 heavy (non-hydrogen) atoms. The Bertz CT molecular complexity index is 966. The maximum atomic E-state index is 14.7. The van der Waals surface area contributed by atoms with Gasteiger partial charge >= 0.3 is 7.12 Å². The molecule has 1 aliphatic rings. The minimum absolute atomic E-state index is 0.261. The minimum Gasteiger partial charge on any atom is -0.399 e. The van der Waals surface area contributed by atoms with Crippen LogP contribution < -0.4 is 5.46 Å². The Morgan fingerprint density at radius 1 is 0.867 bits per heavy atom. The molecule has 1 heterocycles. The van der Waals surface area contributed by atoms with Crippen LogP contribution in [0.15, 0.2) is 30.3 Å². The van der Waals surface area contributed by atoms with Gasteiger partial charge in [-0.05, 0) is 70.4 Å². The van der Waals surface area contributed by atoms with E-state index in [9.17, 15) is 13.2 Å². The Morgan fingerprint density at radius 2 is 1.47 bits per heavy atom. The molecule has 2 aromatic carbocycles. The number of hydrogen-bond acceptors (Lipinski definition) is 2. The summed E-state index contributed by atoms with van der Waals surface area (Å²) >= 11 is 0. The molecule has 0 N–H and O–H groups in total. The molecule has 0 amide bonds. The van der Waals surface area contributed by atoms with Gasteiger partial charge in [0, 0.05) is 11.0 Å². The number of aryl methyl sites for hydroxylation is 1. The van der Waals surface area contributed by atoms with Crippen LogP contribution >= 0.6 is 0 Å². The summed E-state index contributed by atoms with van der Waals surface area (Å²) in [7, 11) is -0.831. The van der Waals surface area contributed by atoms with Crippen molar-refractivity contribution in [2.75, 3.05) is 0 Å². The van der Waals surface area contributed by atoms with Crippen molar-refractivity contribution in [3.8, 4) is 11.8 Å². The van der Waals surface area contributed by atoms with Crippen molar-refractivity contribution in [3.05, 3.63) is 64.5 Å². The van der Waals surface area contributed by atoms with Crippen LogP contribution in [0.3, 0.4) is 0 Å². The topological polar surface area (TPSA) is 18.5 Å². The standard InChI is InChI=1S/C24H26BF3O2/c1-6-7-8-17-14-20(26)18(21(27)15-17)11-9-16-10-12-19(22(28)13-16)25-29-23(2,3)24(4,5)30-25/h10,12-15H,6-8H2,1-5H3. The normalized spacial score (nSPS) is 17.0. The third-order valence-corrected chi connectivity index (χ3v) is 5.76. The van der Waals surface area contributed by atoms with Gasteiger partial charge in [0.1, 0.15) is 17.5 Å². The summed E-state index contributed by atoms with van der Waals surface area (Å²) in [5, 5.41) is 0. The number of halogens is 3. The SMILES string of the molecule is CCCCc1cc(F)c(C#Cc2ccc(B3OC(C)(C)C(C)(C)O3)c(F)c2)c(F)c1. The van der Waals surface area contributed by atoms with Crippen LogP contribution in [0.1, 0.15) is 64.2 Å². The molecule has 2 aromatic rings. The minimum atomic E-state index is -0.831. The van der Waals surface area contributed by atoms with Gasteiger partial charge in [0.2, 0.25) is 0 Å². The third-order valence-electron chi connectivity index (χ3n) is 5.76. The maximum absolute atomic E-state index is 14.7. The molecular formula is C24H26BF3O2. The molecule has 0 atom stereocenters. The second kappa shape index (κ2) is 8.49. The first kappa shape index (κ1) is 22.5. The summed E-state index contributed by atoms with van der Waals surface area (Å²) in [4.78, 5) is 0. The summed E-state index contributed by atoms with van der Waals surface area (Å²) in [6.07, 6.45) is 2.42. The van der Waals surface area contributed by atoms with Crippen molar-refractivity contribution in [1.29, 1.82) is 0 Å². The number of benzene rings is 2. The van der Waals surface area contributed by atoms with Crippen LogP contribution in [-0.4, -0.2) is 18.3 Å². The fourth-order valence-corrected chi connectivity index (χ4v) is 3.17. The van der Waals surface area contributed by atoms with Gasteiger partial charge in [-0.2, -0.15) is 0 Å². The largest absolute Gasteiger partial charge is 0.497 e. The van der Waals surface area contributed by atoms with Crippen LogP contribution in [0.4, 0.5) is 13.2 Å². The molecule has 0 radical (unpaired) electrons. The number of hydrogen-bond donors (Lipinski definition) is 0. The van der Waals surface area contributed by atoms with Gasteiger partial charge in [-0.25, -0.2) is 13.2 Å². The molecule has 0 bridgehead atoms. The summed E-state index contributed by atoms with van der Waals surface area (Å²) < 4.78 is 55.0. The van der Waals surface area contributed by atoms with E-state index in [-0.39, 0.29) is 11.0 Å². The highest BCUT2D eigenvalue weighted by atomic mass is 19.1. The summed E-state index contributed by atoms with van der Waals surface area (Å²) in [6, 6.07) is 6.96. The van der Waals surface area contributed by atoms with E-state index in [1.54, 1.807) is 6.07 Å². The van der Waals surface area contributed by atoms with Crippen LogP contribution in [0, 0.1) is 29.3 Å². The van der Waals surface area contributed by atoms with Gasteiger partial charge in [-0.3, -0.25) is 0 Å². The molecule has 1 aliphatic heterocycles. The molecule has 6 heteroatoms. The first-order valence-electron chi connectivity index (χ1n) is 10.2. The lowest BCUT2D eigenvalue weighted by atomic mass is 9.78. The van der Waals surface area contributed by atoms with Gasteiger partial charge in [0.25, 0.3) is 0 Å². The average Bonchev–Trinajstić information content (AvgIpc) is 2.86. The summed E-state index contributed by atoms with van der Waals surface area (Å²) in [5.74, 6) is 3.18. The molecule has 3 rings (SSSR count). The molecular weight excluding hydrogens is 388 g/mol. The van der Waals surface area contributed by atoms with E-state index in [0.717, 1.165) is 12.8 Å². The molecule has 0 spiro atoms. The monoisotopic (exact) mass is 414 g/mol. The Labute approximate surface area is 176 Å². The van der Waals surface area contributed by atoms with E-state index in [1.807, 2.05) is 34.6 Å². The molecule has 1 saturated heterocycles. The van der Waals surface area contributed by atoms with E-state index in [2.05, 4.69) is 11.8 Å². The third kappa shape index (κ3) is 4.58. The Morgan fingerprint density at radius 3 is 2.00 bits per heavy atom. The second-order valence-corrected chi connectivity index (χ2v) is 8.61. The van der Waals surface area contributed by atoms with Gasteiger partial charge in [0.15, 0.2) is 0 Å². The predicted octanol–water partition coefficient (Wildman–Crippen LogP) is 5.15. The molecule has 2 nitrogen and oxygen atoms in total. The van der Waals surface area contributed by atoms with Crippen molar-refractivity contribution in [2.24, 2.45) is 0 Å². The van der Waals surface area contributed by atoms with Crippen molar-refractivity contribution >= 4 is 12.6 Å². The fourth-order valence-electron chi connectivity index (χ4n) is 3.17. The summed E-state index contributed by atoms with van der Waals surface area (Å²) in [5.41, 5.74) is -0.304. The Hall–Kier alpha value is -2.23. The molecule has 1 fully saturated rings. The van der Waals surface area contributed by atoms with Crippen LogP contribution in [0.25, 0.3) is 0 Å². The lowest BCUT2D eigenvalue weighted by Crippen LogP contribution is -2.41. The molecule has 0 unspecified atom stereocenters. The first-order valence-corrected chi connectivity index (χ1v) is 10.2. The lowest BCUT2D eigenvalue weighted by molar-refractivity contribution is 0.00578. The van der Waals surface area contributed by atoms with E-state index in [4.69, 9.17) is 9.31 Å². The van der Waals surface area contributed by atoms with Crippen molar-refractivity contribution in [1.82, 2.24) is 0 Å². The molecule has 0 aliphatic carbocycles. The van der Waals surface area contributed by atoms with Crippen LogP contribution in [0.2, 0.25) is 0 Å². The highest BCUT2D eigenvalue weighted by Gasteiger charge is 2.52. The van der Waals surface area contributed by atoms with Gasteiger partial charge in [-0.15, -0.1) is 0 Å². The zero-order valence-electron chi connectivity index (χ0n) is 18.0. The van der Waals surface area contributed by atoms with Gasteiger partial charge < -0.3 is 9.31 Å². The van der Waals surface area contributed by atoms with Gasteiger partial charge in [0.05, 0.1) is 16.8 Å². The zero-order chi connectivity index (χ0) is 22.1. The fraction of sp³-hybridized carbons (Fsp3) is 0.417. The smallest absolute Gasteiger partial charge is 0.399 e. The zero-order valence-corrected chi connectivity index (χ0v) is 18.0. The molecule has 0 saturated carbocycles. The number of rotatable bonds is 4. The van der Waals surface area contributed by atoms with Crippen LogP contribution in [-0.2, 0) is 15.7 Å².